The molecular weight excluding hydrogens is 669 g/mol. The number of aryl methyl sites for hydroxylation is 1. The Morgan fingerprint density at radius 1 is 0.980 bits per heavy atom. The first-order valence-electron chi connectivity index (χ1n) is 17.6. The number of halogens is 1. The predicted molar refractivity (Wildman–Crippen MR) is 190 cm³/mol. The number of benzene rings is 2. The van der Waals surface area contributed by atoms with Gasteiger partial charge in [0.15, 0.2) is 5.85 Å². The molecule has 49 heavy (non-hydrogen) atoms. The number of aliphatic hydroxyl groups is 1. The third-order valence-electron chi connectivity index (χ3n) is 9.12. The average molecular weight is 720 g/mol. The summed E-state index contributed by atoms with van der Waals surface area (Å²) in [6.07, 6.45) is 7.21. The second-order valence-corrected chi connectivity index (χ2v) is 15.3. The number of nitrogens with zero attached hydrogens (tertiary/aromatic N) is 1. The van der Waals surface area contributed by atoms with Crippen LogP contribution in [-0.4, -0.2) is 60.7 Å². The van der Waals surface area contributed by atoms with E-state index in [1.165, 1.54) is 0 Å². The Kier molecular flexibility index (Phi) is 15.4. The first kappa shape index (κ1) is 38.8. The van der Waals surface area contributed by atoms with E-state index in [0.29, 0.717) is 23.6 Å². The van der Waals surface area contributed by atoms with Crippen molar-refractivity contribution in [1.29, 1.82) is 0 Å². The van der Waals surface area contributed by atoms with E-state index in [0.717, 1.165) is 62.6 Å². The van der Waals surface area contributed by atoms with Gasteiger partial charge < -0.3 is 34.4 Å². The zero-order valence-electron chi connectivity index (χ0n) is 28.6. The molecule has 1 aliphatic carbocycles. The summed E-state index contributed by atoms with van der Waals surface area (Å²) >= 11 is 6.07. The highest BCUT2D eigenvalue weighted by molar-refractivity contribution is 7.54. The summed E-state index contributed by atoms with van der Waals surface area (Å²) in [7, 11) is -4.12. The van der Waals surface area contributed by atoms with Crippen molar-refractivity contribution >= 4 is 42.8 Å². The lowest BCUT2D eigenvalue weighted by Gasteiger charge is -2.32. The van der Waals surface area contributed by atoms with E-state index in [9.17, 15) is 24.1 Å². The minimum Gasteiger partial charge on any atom is -0.445 e. The molecule has 3 amide bonds. The number of carbonyl (C=O) groups is 3. The number of amides is 3. The maximum absolute atomic E-state index is 14.0. The summed E-state index contributed by atoms with van der Waals surface area (Å²) < 4.78 is 30.1. The van der Waals surface area contributed by atoms with Gasteiger partial charge in [0.05, 0.1) is 19.3 Å². The molecule has 11 nitrogen and oxygen atoms in total. The van der Waals surface area contributed by atoms with Crippen LogP contribution in [0.3, 0.4) is 0 Å². The molecule has 0 radical (unpaired) electrons. The molecule has 3 N–H and O–H groups in total. The molecule has 270 valence electrons. The number of rotatable bonds is 16. The molecule has 0 saturated heterocycles. The van der Waals surface area contributed by atoms with E-state index in [4.69, 9.17) is 25.4 Å². The monoisotopic (exact) mass is 719 g/mol. The number of alkyl carbamates (subject to hydrolysis) is 1. The Balaban J connectivity index is 1.53. The molecule has 1 aliphatic heterocycles. The van der Waals surface area contributed by atoms with E-state index in [-0.39, 0.29) is 44.5 Å². The molecule has 4 rings (SSSR count). The van der Waals surface area contributed by atoms with Crippen LogP contribution in [0.15, 0.2) is 48.5 Å². The normalized spacial score (nSPS) is 17.3. The topological polar surface area (TPSA) is 144 Å². The molecule has 1 heterocycles. The lowest BCUT2D eigenvalue weighted by atomic mass is 9.84. The second kappa shape index (κ2) is 19.4. The summed E-state index contributed by atoms with van der Waals surface area (Å²) in [6.45, 7) is 3.78. The quantitative estimate of drug-likeness (QED) is 0.156. The van der Waals surface area contributed by atoms with Crippen LogP contribution in [-0.2, 0) is 41.0 Å². The maximum atomic E-state index is 14.0. The zero-order valence-corrected chi connectivity index (χ0v) is 30.3. The van der Waals surface area contributed by atoms with Crippen molar-refractivity contribution in [3.8, 4) is 0 Å². The van der Waals surface area contributed by atoms with E-state index < -0.39 is 37.5 Å². The van der Waals surface area contributed by atoms with E-state index in [2.05, 4.69) is 10.6 Å². The molecule has 3 atom stereocenters. The van der Waals surface area contributed by atoms with Gasteiger partial charge in [0.1, 0.15) is 12.6 Å². The smallest absolute Gasteiger partial charge is 0.408 e. The molecule has 2 aliphatic rings. The number of para-hydroxylation sites is 1. The summed E-state index contributed by atoms with van der Waals surface area (Å²) in [4.78, 5) is 42.5. The van der Waals surface area contributed by atoms with Crippen LogP contribution in [0.25, 0.3) is 0 Å². The summed E-state index contributed by atoms with van der Waals surface area (Å²) in [5.41, 5.74) is 2.64. The van der Waals surface area contributed by atoms with Gasteiger partial charge in [0, 0.05) is 23.7 Å². The molecule has 1 unspecified atom stereocenters. The summed E-state index contributed by atoms with van der Waals surface area (Å²) in [5, 5.41) is 17.6. The first-order valence-corrected chi connectivity index (χ1v) is 19.6. The molecule has 1 fully saturated rings. The van der Waals surface area contributed by atoms with Crippen LogP contribution in [0.2, 0.25) is 5.02 Å². The van der Waals surface area contributed by atoms with Gasteiger partial charge in [-0.1, -0.05) is 74.0 Å². The minimum atomic E-state index is -4.12. The van der Waals surface area contributed by atoms with Gasteiger partial charge in [0.25, 0.3) is 0 Å². The SMILES string of the molecule is CCOP(=O)(OCC)C(O)[C@H](CCC(=O)N1CCCCc2ccccc21)NC(=O)[C@H](CC1CCCCC1)NC(=O)OCc1cccc(Cl)c1. The van der Waals surface area contributed by atoms with Gasteiger partial charge in [-0.3, -0.25) is 14.2 Å². The minimum absolute atomic E-state index is 0.00280. The Labute approximate surface area is 294 Å². The van der Waals surface area contributed by atoms with Gasteiger partial charge in [-0.05, 0) is 81.2 Å². The third-order valence-corrected chi connectivity index (χ3v) is 11.6. The lowest BCUT2D eigenvalue weighted by molar-refractivity contribution is -0.125. The molecule has 0 spiro atoms. The standard InChI is InChI=1S/C36H51ClN3O8P/c1-3-47-49(45,48-4-2)35(43)30(20-21-33(41)40-22-11-10-17-28-16-8-9-19-32(28)40)38-34(42)31(24-26-13-6-5-7-14-26)39-36(44)46-25-27-15-12-18-29(37)23-27/h8-9,12,15-16,18-19,23,26,30-31,35,43H,3-7,10-11,13-14,17,20-22,24-25H2,1-2H3,(H,38,42)(H,39,44)/t30-,31-,35?/m0/s1. The number of fused-ring (bicyclic) bond motifs is 1. The van der Waals surface area contributed by atoms with Crippen LogP contribution in [0.5, 0.6) is 0 Å². The largest absolute Gasteiger partial charge is 0.445 e. The van der Waals surface area contributed by atoms with Crippen molar-refractivity contribution in [2.45, 2.75) is 109 Å². The van der Waals surface area contributed by atoms with Gasteiger partial charge in [-0.25, -0.2) is 4.79 Å². The fourth-order valence-corrected chi connectivity index (χ4v) is 8.64. The molecule has 13 heteroatoms. The van der Waals surface area contributed by atoms with Crippen LogP contribution < -0.4 is 15.5 Å². The van der Waals surface area contributed by atoms with Crippen molar-refractivity contribution in [2.75, 3.05) is 24.7 Å². The highest BCUT2D eigenvalue weighted by Crippen LogP contribution is 2.53. The molecular formula is C36H51ClN3O8P. The average Bonchev–Trinajstić information content (AvgIpc) is 3.32. The highest BCUT2D eigenvalue weighted by atomic mass is 35.5. The number of hydrogen-bond acceptors (Lipinski definition) is 8. The molecule has 0 bridgehead atoms. The van der Waals surface area contributed by atoms with Crippen LogP contribution >= 0.6 is 19.2 Å². The number of nitrogens with one attached hydrogen (secondary N) is 2. The van der Waals surface area contributed by atoms with Crippen molar-refractivity contribution < 1.29 is 37.8 Å². The third kappa shape index (κ3) is 11.5. The molecule has 0 aromatic heterocycles. The molecule has 2 aromatic carbocycles. The number of hydrogen-bond donors (Lipinski definition) is 3. The molecule has 1 saturated carbocycles. The molecule has 2 aromatic rings. The van der Waals surface area contributed by atoms with Crippen LogP contribution in [0, 0.1) is 5.92 Å². The highest BCUT2D eigenvalue weighted by Gasteiger charge is 2.42. The Morgan fingerprint density at radius 2 is 1.71 bits per heavy atom. The fourth-order valence-electron chi connectivity index (χ4n) is 6.66. The van der Waals surface area contributed by atoms with Crippen molar-refractivity contribution in [1.82, 2.24) is 10.6 Å². The summed E-state index contributed by atoms with van der Waals surface area (Å²) in [5.74, 6) is -2.32. The number of anilines is 1. The first-order chi connectivity index (χ1) is 23.6. The predicted octanol–water partition coefficient (Wildman–Crippen LogP) is 7.12. The van der Waals surface area contributed by atoms with Crippen molar-refractivity contribution in [2.24, 2.45) is 5.92 Å². The second-order valence-electron chi connectivity index (χ2n) is 12.7. The zero-order chi connectivity index (χ0) is 35.2. The van der Waals surface area contributed by atoms with Crippen LogP contribution in [0.4, 0.5) is 10.5 Å². The van der Waals surface area contributed by atoms with E-state index in [1.54, 1.807) is 43.0 Å². The number of ether oxygens (including phenoxy) is 1. The fraction of sp³-hybridized carbons (Fsp3) is 0.583. The number of carbonyl (C=O) groups excluding carboxylic acids is 3. The maximum Gasteiger partial charge on any atom is 0.408 e. The summed E-state index contributed by atoms with van der Waals surface area (Å²) in [6, 6.07) is 12.6. The Hall–Kier alpha value is -2.95. The van der Waals surface area contributed by atoms with Crippen LogP contribution in [0.1, 0.15) is 89.2 Å². The Morgan fingerprint density at radius 3 is 2.43 bits per heavy atom. The number of aliphatic hydroxyl groups excluding tert-OH is 1. The van der Waals surface area contributed by atoms with E-state index in [1.807, 2.05) is 24.3 Å². The van der Waals surface area contributed by atoms with E-state index >= 15 is 0 Å². The van der Waals surface area contributed by atoms with Crippen molar-refractivity contribution in [3.63, 3.8) is 0 Å². The van der Waals surface area contributed by atoms with Gasteiger partial charge in [-0.15, -0.1) is 0 Å². The lowest BCUT2D eigenvalue weighted by Crippen LogP contribution is -2.53. The van der Waals surface area contributed by atoms with Gasteiger partial charge >= 0.3 is 13.7 Å². The van der Waals surface area contributed by atoms with Crippen molar-refractivity contribution in [3.05, 3.63) is 64.7 Å². The van der Waals surface area contributed by atoms with Gasteiger partial charge in [0.2, 0.25) is 11.8 Å². The van der Waals surface area contributed by atoms with Gasteiger partial charge in [-0.2, -0.15) is 0 Å². The Bertz CT molecular complexity index is 1430.